The van der Waals surface area contributed by atoms with Crippen molar-refractivity contribution < 1.29 is 4.79 Å². The van der Waals surface area contributed by atoms with Gasteiger partial charge in [0.05, 0.1) is 0 Å². The highest BCUT2D eigenvalue weighted by Crippen LogP contribution is 2.29. The number of carbonyl (C=O) groups is 1. The summed E-state index contributed by atoms with van der Waals surface area (Å²) in [4.78, 5) is 12.2. The molecule has 0 heterocycles. The molecule has 3 heteroatoms. The first-order chi connectivity index (χ1) is 10.0. The number of hydrogen-bond donors (Lipinski definition) is 2. The van der Waals surface area contributed by atoms with Gasteiger partial charge in [0.1, 0.15) is 0 Å². The van der Waals surface area contributed by atoms with Crippen LogP contribution in [0.5, 0.6) is 0 Å². The summed E-state index contributed by atoms with van der Waals surface area (Å²) in [7, 11) is 0. The number of carbonyl (C=O) groups excluding carboxylic acids is 1. The lowest BCUT2D eigenvalue weighted by Gasteiger charge is -2.32. The summed E-state index contributed by atoms with van der Waals surface area (Å²) in [5.74, 6) is 0.597. The fraction of sp³-hybridized carbons (Fsp3) is 0.611. The molecule has 0 aliphatic heterocycles. The van der Waals surface area contributed by atoms with Crippen molar-refractivity contribution in [1.82, 2.24) is 0 Å². The Morgan fingerprint density at radius 1 is 1.24 bits per heavy atom. The molecule has 1 aliphatic carbocycles. The van der Waals surface area contributed by atoms with E-state index in [2.05, 4.69) is 31.3 Å². The first-order valence-electron chi connectivity index (χ1n) is 8.21. The van der Waals surface area contributed by atoms with E-state index in [4.69, 9.17) is 5.73 Å². The summed E-state index contributed by atoms with van der Waals surface area (Å²) >= 11 is 0. The molecular weight excluding hydrogens is 260 g/mol. The Morgan fingerprint density at radius 2 is 1.86 bits per heavy atom. The number of nitrogens with two attached hydrogens (primary N) is 1. The van der Waals surface area contributed by atoms with Crippen molar-refractivity contribution in [2.24, 2.45) is 5.73 Å². The average molecular weight is 288 g/mol. The van der Waals surface area contributed by atoms with Gasteiger partial charge in [-0.15, -0.1) is 0 Å². The molecule has 116 valence electrons. The van der Waals surface area contributed by atoms with Crippen molar-refractivity contribution in [3.05, 3.63) is 29.8 Å². The minimum atomic E-state index is -0.293. The van der Waals surface area contributed by atoms with E-state index < -0.39 is 0 Å². The van der Waals surface area contributed by atoms with E-state index in [9.17, 15) is 4.79 Å². The van der Waals surface area contributed by atoms with Crippen LogP contribution in [0.15, 0.2) is 24.3 Å². The van der Waals surface area contributed by atoms with Gasteiger partial charge in [-0.1, -0.05) is 45.2 Å². The zero-order valence-electron chi connectivity index (χ0n) is 13.3. The lowest BCUT2D eigenvalue weighted by Crippen LogP contribution is -2.44. The molecule has 0 saturated heterocycles. The number of nitrogens with one attached hydrogen (secondary N) is 1. The molecule has 1 amide bonds. The lowest BCUT2D eigenvalue weighted by molar-refractivity contribution is -0.117. The van der Waals surface area contributed by atoms with Gasteiger partial charge in [-0.2, -0.15) is 0 Å². The highest BCUT2D eigenvalue weighted by molar-refractivity contribution is 5.91. The molecule has 3 nitrogen and oxygen atoms in total. The fourth-order valence-electron chi connectivity index (χ4n) is 3.09. The van der Waals surface area contributed by atoms with E-state index in [1.165, 1.54) is 12.0 Å². The molecule has 1 atom stereocenters. The Kier molecular flexibility index (Phi) is 5.40. The molecule has 0 bridgehead atoms. The minimum absolute atomic E-state index is 0.0377. The maximum absolute atomic E-state index is 12.2. The molecule has 1 aromatic rings. The molecule has 1 fully saturated rings. The lowest BCUT2D eigenvalue weighted by atomic mass is 9.80. The minimum Gasteiger partial charge on any atom is -0.326 e. The number of benzene rings is 1. The van der Waals surface area contributed by atoms with Crippen LogP contribution in [0.2, 0.25) is 0 Å². The largest absolute Gasteiger partial charge is 0.326 e. The van der Waals surface area contributed by atoms with E-state index in [0.717, 1.165) is 37.8 Å². The van der Waals surface area contributed by atoms with Gasteiger partial charge >= 0.3 is 0 Å². The number of hydrogen-bond acceptors (Lipinski definition) is 2. The second kappa shape index (κ2) is 7.08. The topological polar surface area (TPSA) is 55.1 Å². The highest BCUT2D eigenvalue weighted by Gasteiger charge is 2.29. The average Bonchev–Trinajstić information content (AvgIpc) is 2.47. The maximum Gasteiger partial charge on any atom is 0.226 e. The van der Waals surface area contributed by atoms with Crippen molar-refractivity contribution in [3.63, 3.8) is 0 Å². The van der Waals surface area contributed by atoms with E-state index in [1.54, 1.807) is 0 Å². The zero-order chi connectivity index (χ0) is 15.3. The van der Waals surface area contributed by atoms with Gasteiger partial charge in [0, 0.05) is 17.6 Å². The Labute approximate surface area is 128 Å². The third kappa shape index (κ3) is 4.57. The van der Waals surface area contributed by atoms with Crippen molar-refractivity contribution in [2.75, 3.05) is 5.32 Å². The van der Waals surface area contributed by atoms with Crippen LogP contribution >= 0.6 is 0 Å². The van der Waals surface area contributed by atoms with Gasteiger partial charge in [0.2, 0.25) is 5.91 Å². The normalized spacial score (nSPS) is 19.0. The Morgan fingerprint density at radius 3 is 2.43 bits per heavy atom. The van der Waals surface area contributed by atoms with Gasteiger partial charge in [0.25, 0.3) is 0 Å². The van der Waals surface area contributed by atoms with Crippen LogP contribution in [0.3, 0.4) is 0 Å². The smallest absolute Gasteiger partial charge is 0.226 e. The number of anilines is 1. The van der Waals surface area contributed by atoms with E-state index in [0.29, 0.717) is 12.3 Å². The molecule has 1 aromatic carbocycles. The van der Waals surface area contributed by atoms with Crippen LogP contribution in [-0.4, -0.2) is 11.4 Å². The van der Waals surface area contributed by atoms with Crippen LogP contribution in [0.1, 0.15) is 70.3 Å². The molecule has 0 radical (unpaired) electrons. The molecule has 3 N–H and O–H groups in total. The predicted octanol–water partition coefficient (Wildman–Crippen LogP) is 4.19. The molecule has 1 aliphatic rings. The summed E-state index contributed by atoms with van der Waals surface area (Å²) in [6.45, 7) is 4.40. The first kappa shape index (κ1) is 16.0. The quantitative estimate of drug-likeness (QED) is 0.853. The maximum atomic E-state index is 12.2. The summed E-state index contributed by atoms with van der Waals surface area (Å²) < 4.78 is 0. The Bertz CT molecular complexity index is 461. The molecule has 1 unspecified atom stereocenters. The van der Waals surface area contributed by atoms with E-state index >= 15 is 0 Å². The van der Waals surface area contributed by atoms with Gasteiger partial charge < -0.3 is 11.1 Å². The predicted molar refractivity (Wildman–Crippen MR) is 88.4 cm³/mol. The van der Waals surface area contributed by atoms with Crippen molar-refractivity contribution >= 4 is 11.6 Å². The Hall–Kier alpha value is -1.35. The second-order valence-corrected chi connectivity index (χ2v) is 6.58. The van der Waals surface area contributed by atoms with Gasteiger partial charge in [-0.3, -0.25) is 4.79 Å². The van der Waals surface area contributed by atoms with Gasteiger partial charge in [-0.25, -0.2) is 0 Å². The van der Waals surface area contributed by atoms with Crippen LogP contribution < -0.4 is 11.1 Å². The summed E-state index contributed by atoms with van der Waals surface area (Å²) in [5, 5.41) is 2.98. The monoisotopic (exact) mass is 288 g/mol. The van der Waals surface area contributed by atoms with Crippen molar-refractivity contribution in [3.8, 4) is 0 Å². The fourth-order valence-corrected chi connectivity index (χ4v) is 3.09. The number of rotatable bonds is 5. The molecular formula is C18H28N2O. The molecule has 21 heavy (non-hydrogen) atoms. The summed E-state index contributed by atoms with van der Waals surface area (Å²) in [5.41, 5.74) is 8.23. The van der Waals surface area contributed by atoms with Gasteiger partial charge in [0.15, 0.2) is 0 Å². The van der Waals surface area contributed by atoms with Crippen LogP contribution in [0, 0.1) is 0 Å². The first-order valence-corrected chi connectivity index (χ1v) is 8.21. The SMILES string of the molecule is CCC(C)c1ccc(NC(=O)CC2(N)CCCCC2)cc1. The van der Waals surface area contributed by atoms with Crippen molar-refractivity contribution in [1.29, 1.82) is 0 Å². The standard InChI is InChI=1S/C18H28N2O/c1-3-14(2)15-7-9-16(10-8-15)20-17(21)13-18(19)11-5-4-6-12-18/h7-10,14H,3-6,11-13,19H2,1-2H3,(H,20,21). The van der Waals surface area contributed by atoms with Gasteiger partial charge in [-0.05, 0) is 42.9 Å². The molecule has 1 saturated carbocycles. The Balaban J connectivity index is 1.90. The van der Waals surface area contributed by atoms with E-state index in [1.807, 2.05) is 12.1 Å². The number of amides is 1. The highest BCUT2D eigenvalue weighted by atomic mass is 16.1. The zero-order valence-corrected chi connectivity index (χ0v) is 13.3. The van der Waals surface area contributed by atoms with E-state index in [-0.39, 0.29) is 11.4 Å². The van der Waals surface area contributed by atoms with Crippen molar-refractivity contribution in [2.45, 2.75) is 70.3 Å². The molecule has 0 spiro atoms. The van der Waals surface area contributed by atoms with Crippen LogP contribution in [0.25, 0.3) is 0 Å². The third-order valence-electron chi connectivity index (χ3n) is 4.74. The van der Waals surface area contributed by atoms with Crippen LogP contribution in [0.4, 0.5) is 5.69 Å². The second-order valence-electron chi connectivity index (χ2n) is 6.58. The third-order valence-corrected chi connectivity index (χ3v) is 4.74. The van der Waals surface area contributed by atoms with Crippen LogP contribution in [-0.2, 0) is 4.79 Å². The molecule has 2 rings (SSSR count). The molecule has 0 aromatic heterocycles. The summed E-state index contributed by atoms with van der Waals surface area (Å²) in [6, 6.07) is 8.18. The summed E-state index contributed by atoms with van der Waals surface area (Å²) in [6.07, 6.45) is 7.03.